The Balaban J connectivity index is 2.14. The molecule has 2 aromatic rings. The molecule has 0 unspecified atom stereocenters. The molecule has 0 amide bonds. The van der Waals surface area contributed by atoms with Crippen molar-refractivity contribution in [3.8, 4) is 22.6 Å². The van der Waals surface area contributed by atoms with Crippen molar-refractivity contribution in [3.05, 3.63) is 42.7 Å². The van der Waals surface area contributed by atoms with Gasteiger partial charge in [-0.3, -0.25) is 4.98 Å². The van der Waals surface area contributed by atoms with Gasteiger partial charge in [-0.1, -0.05) is 12.1 Å². The summed E-state index contributed by atoms with van der Waals surface area (Å²) >= 11 is 0. The van der Waals surface area contributed by atoms with E-state index in [1.807, 2.05) is 0 Å². The summed E-state index contributed by atoms with van der Waals surface area (Å²) in [6.07, 6.45) is -2.80. The molecule has 0 saturated carbocycles. The minimum absolute atomic E-state index is 0.163. The second kappa shape index (κ2) is 6.99. The number of halogens is 3. The summed E-state index contributed by atoms with van der Waals surface area (Å²) in [4.78, 5) is 15.2. The van der Waals surface area contributed by atoms with Gasteiger partial charge in [-0.25, -0.2) is 4.79 Å². The van der Waals surface area contributed by atoms with Gasteiger partial charge in [0.15, 0.2) is 5.75 Å². The van der Waals surface area contributed by atoms with E-state index >= 15 is 0 Å². The van der Waals surface area contributed by atoms with Crippen molar-refractivity contribution in [3.63, 3.8) is 0 Å². The van der Waals surface area contributed by atoms with E-state index in [2.05, 4.69) is 14.5 Å². The van der Waals surface area contributed by atoms with Crippen LogP contribution in [0.3, 0.4) is 0 Å². The molecule has 1 heterocycles. The van der Waals surface area contributed by atoms with E-state index < -0.39 is 12.5 Å². The maximum atomic E-state index is 12.1. The first-order valence-electron chi connectivity index (χ1n) is 6.53. The molecule has 0 aliphatic heterocycles. The topological polar surface area (TPSA) is 57.7 Å². The van der Waals surface area contributed by atoms with Gasteiger partial charge >= 0.3 is 12.5 Å². The molecule has 0 aliphatic rings. The van der Waals surface area contributed by atoms with Crippen LogP contribution in [0.25, 0.3) is 11.1 Å². The maximum Gasteiger partial charge on any atom is 0.573 e. The van der Waals surface area contributed by atoms with Crippen molar-refractivity contribution in [1.29, 1.82) is 0 Å². The van der Waals surface area contributed by atoms with E-state index in [0.29, 0.717) is 11.1 Å². The predicted molar refractivity (Wildman–Crippen MR) is 74.0 cm³/mol. The van der Waals surface area contributed by atoms with Gasteiger partial charge in [-0.05, 0) is 30.7 Å². The summed E-state index contributed by atoms with van der Waals surface area (Å²) in [7, 11) is 0. The van der Waals surface area contributed by atoms with Crippen LogP contribution >= 0.6 is 0 Å². The number of nitrogens with zero attached hydrogens (tertiary/aromatic N) is 1. The fourth-order valence-corrected chi connectivity index (χ4v) is 1.73. The molecular weight excluding hydrogens is 315 g/mol. The highest BCUT2D eigenvalue weighted by Crippen LogP contribution is 2.27. The number of aromatic nitrogens is 1. The number of benzene rings is 1. The number of carbonyl (C=O) groups is 1. The summed E-state index contributed by atoms with van der Waals surface area (Å²) in [6.45, 7) is 1.81. The number of rotatable bonds is 4. The highest BCUT2D eigenvalue weighted by atomic mass is 19.4. The minimum Gasteiger partial charge on any atom is -0.434 e. The van der Waals surface area contributed by atoms with Crippen LogP contribution in [0.2, 0.25) is 0 Å². The molecule has 23 heavy (non-hydrogen) atoms. The molecule has 8 heteroatoms. The highest BCUT2D eigenvalue weighted by Gasteiger charge is 2.30. The Bertz CT molecular complexity index is 671. The summed E-state index contributed by atoms with van der Waals surface area (Å²) in [5, 5.41) is 0. The van der Waals surface area contributed by atoms with E-state index in [4.69, 9.17) is 4.74 Å². The Kier molecular flexibility index (Phi) is 5.05. The first kappa shape index (κ1) is 16.6. The van der Waals surface area contributed by atoms with Gasteiger partial charge in [-0.2, -0.15) is 0 Å². The lowest BCUT2D eigenvalue weighted by atomic mass is 10.1. The number of hydrogen-bond donors (Lipinski definition) is 0. The fraction of sp³-hybridized carbons (Fsp3) is 0.200. The van der Waals surface area contributed by atoms with Crippen LogP contribution in [-0.2, 0) is 4.74 Å². The minimum atomic E-state index is -4.74. The normalized spacial score (nSPS) is 11.0. The Morgan fingerprint density at radius 1 is 1.09 bits per heavy atom. The maximum absolute atomic E-state index is 12.1. The van der Waals surface area contributed by atoms with Crippen LogP contribution < -0.4 is 9.47 Å². The molecular formula is C15H12F3NO4. The number of hydrogen-bond acceptors (Lipinski definition) is 5. The Morgan fingerprint density at radius 3 is 2.39 bits per heavy atom. The summed E-state index contributed by atoms with van der Waals surface area (Å²) < 4.78 is 49.7. The lowest BCUT2D eigenvalue weighted by Gasteiger charge is -2.09. The number of carbonyl (C=O) groups excluding carboxylic acids is 1. The zero-order valence-electron chi connectivity index (χ0n) is 12.0. The zero-order chi connectivity index (χ0) is 16.9. The van der Waals surface area contributed by atoms with Crippen molar-refractivity contribution < 1.29 is 32.2 Å². The average Bonchev–Trinajstić information content (AvgIpc) is 2.47. The largest absolute Gasteiger partial charge is 0.573 e. The average molecular weight is 327 g/mol. The first-order chi connectivity index (χ1) is 10.9. The molecule has 122 valence electrons. The van der Waals surface area contributed by atoms with Crippen molar-refractivity contribution in [1.82, 2.24) is 4.98 Å². The van der Waals surface area contributed by atoms with Crippen LogP contribution in [0.1, 0.15) is 6.92 Å². The van der Waals surface area contributed by atoms with Crippen molar-refractivity contribution in [2.24, 2.45) is 0 Å². The SMILES string of the molecule is CCOC(=O)Oc1cncc(-c2ccc(OC(F)(F)F)cc2)c1. The molecule has 0 N–H and O–H groups in total. The quantitative estimate of drug-likeness (QED) is 0.788. The summed E-state index contributed by atoms with van der Waals surface area (Å²) in [6, 6.07) is 6.76. The van der Waals surface area contributed by atoms with E-state index in [1.165, 1.54) is 42.7 Å². The molecule has 5 nitrogen and oxygen atoms in total. The molecule has 0 radical (unpaired) electrons. The van der Waals surface area contributed by atoms with Crippen LogP contribution in [0.15, 0.2) is 42.7 Å². The molecule has 0 aliphatic carbocycles. The van der Waals surface area contributed by atoms with E-state index in [-0.39, 0.29) is 18.1 Å². The van der Waals surface area contributed by atoms with Gasteiger partial charge in [0.1, 0.15) is 5.75 Å². The Hall–Kier alpha value is -2.77. The molecule has 2 rings (SSSR count). The van der Waals surface area contributed by atoms with Gasteiger partial charge in [0.05, 0.1) is 12.8 Å². The van der Waals surface area contributed by atoms with E-state index in [0.717, 1.165) is 0 Å². The van der Waals surface area contributed by atoms with E-state index in [1.54, 1.807) is 6.92 Å². The van der Waals surface area contributed by atoms with Crippen LogP contribution in [-0.4, -0.2) is 24.1 Å². The molecule has 0 atom stereocenters. The third-order valence-electron chi connectivity index (χ3n) is 2.60. The molecule has 0 spiro atoms. The highest BCUT2D eigenvalue weighted by molar-refractivity contribution is 5.67. The second-order valence-corrected chi connectivity index (χ2v) is 4.27. The van der Waals surface area contributed by atoms with Crippen LogP contribution in [0, 0.1) is 0 Å². The summed E-state index contributed by atoms with van der Waals surface area (Å²) in [5.41, 5.74) is 1.15. The lowest BCUT2D eigenvalue weighted by molar-refractivity contribution is -0.274. The molecule has 0 saturated heterocycles. The fourth-order valence-electron chi connectivity index (χ4n) is 1.73. The third kappa shape index (κ3) is 5.17. The monoisotopic (exact) mass is 327 g/mol. The lowest BCUT2D eigenvalue weighted by Crippen LogP contribution is -2.16. The predicted octanol–water partition coefficient (Wildman–Crippen LogP) is 4.18. The molecule has 0 fully saturated rings. The van der Waals surface area contributed by atoms with Gasteiger partial charge in [0.25, 0.3) is 0 Å². The molecule has 1 aromatic carbocycles. The van der Waals surface area contributed by atoms with E-state index in [9.17, 15) is 18.0 Å². The number of alkyl halides is 3. The number of ether oxygens (including phenoxy) is 3. The van der Waals surface area contributed by atoms with Crippen molar-refractivity contribution >= 4 is 6.16 Å². The third-order valence-corrected chi connectivity index (χ3v) is 2.60. The standard InChI is InChI=1S/C15H12F3NO4/c1-2-21-14(20)22-13-7-11(8-19-9-13)10-3-5-12(6-4-10)23-15(16,17)18/h3-9H,2H2,1H3. The smallest absolute Gasteiger partial charge is 0.434 e. The van der Waals surface area contributed by atoms with Crippen LogP contribution in [0.5, 0.6) is 11.5 Å². The summed E-state index contributed by atoms with van der Waals surface area (Å²) in [5.74, 6) is -0.162. The molecule has 1 aromatic heterocycles. The number of pyridine rings is 1. The van der Waals surface area contributed by atoms with Crippen molar-refractivity contribution in [2.45, 2.75) is 13.3 Å². The first-order valence-corrected chi connectivity index (χ1v) is 6.53. The zero-order valence-corrected chi connectivity index (χ0v) is 12.0. The Labute approximate surface area is 129 Å². The van der Waals surface area contributed by atoms with Gasteiger partial charge in [-0.15, -0.1) is 13.2 Å². The van der Waals surface area contributed by atoms with Crippen LogP contribution in [0.4, 0.5) is 18.0 Å². The van der Waals surface area contributed by atoms with Gasteiger partial charge < -0.3 is 14.2 Å². The Morgan fingerprint density at radius 2 is 1.78 bits per heavy atom. The second-order valence-electron chi connectivity index (χ2n) is 4.27. The van der Waals surface area contributed by atoms with Crippen molar-refractivity contribution in [2.75, 3.05) is 6.61 Å². The van der Waals surface area contributed by atoms with Gasteiger partial charge in [0.2, 0.25) is 0 Å². The van der Waals surface area contributed by atoms with Gasteiger partial charge in [0, 0.05) is 11.8 Å². The molecule has 0 bridgehead atoms.